The summed E-state index contributed by atoms with van der Waals surface area (Å²) in [5, 5.41) is 12.1. The Hall–Kier alpha value is -2.66. The van der Waals surface area contributed by atoms with Crippen LogP contribution in [0.15, 0.2) is 48.5 Å². The van der Waals surface area contributed by atoms with Crippen molar-refractivity contribution in [3.63, 3.8) is 0 Å². The molecule has 0 aliphatic carbocycles. The summed E-state index contributed by atoms with van der Waals surface area (Å²) in [5.74, 6) is 1.86. The molecule has 0 radical (unpaired) electrons. The lowest BCUT2D eigenvalue weighted by Gasteiger charge is -2.14. The summed E-state index contributed by atoms with van der Waals surface area (Å²) < 4.78 is 2.19. The van der Waals surface area contributed by atoms with Crippen LogP contribution in [0.2, 0.25) is 5.02 Å². The number of halogens is 1. The molecule has 0 atom stereocenters. The van der Waals surface area contributed by atoms with Crippen molar-refractivity contribution in [3.8, 4) is 11.4 Å². The molecular formula is C20H19ClN4O. The SMILES string of the molecule is O=C(Cc1ccccc1Cl)Nc1ccc(-c2nnc3n2CCCC3)cc1. The van der Waals surface area contributed by atoms with Gasteiger partial charge in [-0.3, -0.25) is 4.79 Å². The fourth-order valence-electron chi connectivity index (χ4n) is 3.24. The first-order chi connectivity index (χ1) is 12.7. The van der Waals surface area contributed by atoms with Crippen LogP contribution in [0, 0.1) is 0 Å². The van der Waals surface area contributed by atoms with E-state index >= 15 is 0 Å². The maximum absolute atomic E-state index is 12.2. The van der Waals surface area contributed by atoms with Crippen molar-refractivity contribution in [2.75, 3.05) is 5.32 Å². The molecule has 1 aliphatic rings. The minimum atomic E-state index is -0.0919. The highest BCUT2D eigenvalue weighted by atomic mass is 35.5. The van der Waals surface area contributed by atoms with Gasteiger partial charge in [0.15, 0.2) is 5.82 Å². The third kappa shape index (κ3) is 3.48. The number of carbonyl (C=O) groups excluding carboxylic acids is 1. The second-order valence-corrected chi connectivity index (χ2v) is 6.85. The van der Waals surface area contributed by atoms with E-state index in [4.69, 9.17) is 11.6 Å². The predicted molar refractivity (Wildman–Crippen MR) is 102 cm³/mol. The predicted octanol–water partition coefficient (Wildman–Crippen LogP) is 4.12. The van der Waals surface area contributed by atoms with Crippen molar-refractivity contribution in [1.29, 1.82) is 0 Å². The highest BCUT2D eigenvalue weighted by molar-refractivity contribution is 6.31. The third-order valence-electron chi connectivity index (χ3n) is 4.60. The third-order valence-corrected chi connectivity index (χ3v) is 4.96. The molecule has 0 bridgehead atoms. The van der Waals surface area contributed by atoms with E-state index in [1.807, 2.05) is 42.5 Å². The Morgan fingerprint density at radius 3 is 2.69 bits per heavy atom. The molecule has 0 fully saturated rings. The molecule has 1 amide bonds. The highest BCUT2D eigenvalue weighted by Gasteiger charge is 2.16. The lowest BCUT2D eigenvalue weighted by atomic mass is 10.1. The minimum absolute atomic E-state index is 0.0919. The minimum Gasteiger partial charge on any atom is -0.326 e. The summed E-state index contributed by atoms with van der Waals surface area (Å²) in [6.45, 7) is 0.966. The smallest absolute Gasteiger partial charge is 0.228 e. The van der Waals surface area contributed by atoms with E-state index in [2.05, 4.69) is 20.1 Å². The number of benzene rings is 2. The molecular weight excluding hydrogens is 348 g/mol. The number of rotatable bonds is 4. The summed E-state index contributed by atoms with van der Waals surface area (Å²) in [6.07, 6.45) is 3.57. The molecule has 0 unspecified atom stereocenters. The van der Waals surface area contributed by atoms with Crippen molar-refractivity contribution >= 4 is 23.2 Å². The van der Waals surface area contributed by atoms with Crippen molar-refractivity contribution in [2.24, 2.45) is 0 Å². The first-order valence-corrected chi connectivity index (χ1v) is 9.14. The molecule has 2 aromatic carbocycles. The fourth-order valence-corrected chi connectivity index (χ4v) is 3.45. The van der Waals surface area contributed by atoms with Gasteiger partial charge in [0.05, 0.1) is 6.42 Å². The topological polar surface area (TPSA) is 59.8 Å². The van der Waals surface area contributed by atoms with Gasteiger partial charge in [-0.2, -0.15) is 0 Å². The second kappa shape index (κ2) is 7.30. The van der Waals surface area contributed by atoms with Crippen LogP contribution in [-0.2, 0) is 24.2 Å². The Bertz CT molecular complexity index is 933. The van der Waals surface area contributed by atoms with Crippen LogP contribution in [0.5, 0.6) is 0 Å². The normalized spacial score (nSPS) is 13.3. The quantitative estimate of drug-likeness (QED) is 0.755. The number of amides is 1. The monoisotopic (exact) mass is 366 g/mol. The van der Waals surface area contributed by atoms with Crippen LogP contribution in [-0.4, -0.2) is 20.7 Å². The number of hydrogen-bond donors (Lipinski definition) is 1. The van der Waals surface area contributed by atoms with E-state index in [1.54, 1.807) is 6.07 Å². The Morgan fingerprint density at radius 2 is 1.88 bits per heavy atom. The van der Waals surface area contributed by atoms with Crippen LogP contribution in [0.1, 0.15) is 24.2 Å². The van der Waals surface area contributed by atoms with Gasteiger partial charge in [-0.15, -0.1) is 10.2 Å². The van der Waals surface area contributed by atoms with Crippen molar-refractivity contribution < 1.29 is 4.79 Å². The Balaban J connectivity index is 1.46. The molecule has 4 rings (SSSR count). The van der Waals surface area contributed by atoms with E-state index in [0.29, 0.717) is 5.02 Å². The average Bonchev–Trinajstić information content (AvgIpc) is 3.08. The highest BCUT2D eigenvalue weighted by Crippen LogP contribution is 2.24. The van der Waals surface area contributed by atoms with Crippen LogP contribution in [0.3, 0.4) is 0 Å². The van der Waals surface area contributed by atoms with Gasteiger partial charge < -0.3 is 9.88 Å². The zero-order valence-corrected chi connectivity index (χ0v) is 15.0. The maximum atomic E-state index is 12.2. The van der Waals surface area contributed by atoms with Gasteiger partial charge in [-0.25, -0.2) is 0 Å². The molecule has 26 heavy (non-hydrogen) atoms. The van der Waals surface area contributed by atoms with E-state index in [0.717, 1.165) is 47.8 Å². The van der Waals surface area contributed by atoms with Crippen molar-refractivity contribution in [1.82, 2.24) is 14.8 Å². The second-order valence-electron chi connectivity index (χ2n) is 6.44. The Kier molecular flexibility index (Phi) is 4.71. The Labute approximate surface area is 157 Å². The number of fused-ring (bicyclic) bond motifs is 1. The number of aromatic nitrogens is 3. The Morgan fingerprint density at radius 1 is 1.08 bits per heavy atom. The van der Waals surface area contributed by atoms with Crippen LogP contribution >= 0.6 is 11.6 Å². The fraction of sp³-hybridized carbons (Fsp3) is 0.250. The summed E-state index contributed by atoms with van der Waals surface area (Å²) in [4.78, 5) is 12.2. The number of carbonyl (C=O) groups is 1. The summed E-state index contributed by atoms with van der Waals surface area (Å²) in [6, 6.07) is 15.1. The van der Waals surface area contributed by atoms with E-state index in [-0.39, 0.29) is 12.3 Å². The van der Waals surface area contributed by atoms with E-state index in [9.17, 15) is 4.79 Å². The summed E-state index contributed by atoms with van der Waals surface area (Å²) in [7, 11) is 0. The molecule has 0 spiro atoms. The first kappa shape index (κ1) is 16.8. The lowest BCUT2D eigenvalue weighted by molar-refractivity contribution is -0.115. The molecule has 5 nitrogen and oxygen atoms in total. The lowest BCUT2D eigenvalue weighted by Crippen LogP contribution is -2.14. The largest absolute Gasteiger partial charge is 0.326 e. The van der Waals surface area contributed by atoms with Crippen LogP contribution in [0.4, 0.5) is 5.69 Å². The van der Waals surface area contributed by atoms with Gasteiger partial charge >= 0.3 is 0 Å². The summed E-state index contributed by atoms with van der Waals surface area (Å²) >= 11 is 6.11. The number of aryl methyl sites for hydroxylation is 1. The van der Waals surface area contributed by atoms with Gasteiger partial charge in [0.25, 0.3) is 0 Å². The van der Waals surface area contributed by atoms with Crippen LogP contribution < -0.4 is 5.32 Å². The number of nitrogens with zero attached hydrogens (tertiary/aromatic N) is 3. The molecule has 0 saturated heterocycles. The molecule has 1 aliphatic heterocycles. The van der Waals surface area contributed by atoms with Gasteiger partial charge in [-0.05, 0) is 48.7 Å². The zero-order chi connectivity index (χ0) is 17.9. The van der Waals surface area contributed by atoms with Gasteiger partial charge in [0.2, 0.25) is 5.91 Å². The van der Waals surface area contributed by atoms with E-state index in [1.165, 1.54) is 6.42 Å². The molecule has 3 aromatic rings. The van der Waals surface area contributed by atoms with Crippen LogP contribution in [0.25, 0.3) is 11.4 Å². The number of anilines is 1. The van der Waals surface area contributed by atoms with E-state index < -0.39 is 0 Å². The molecule has 132 valence electrons. The summed E-state index contributed by atoms with van der Waals surface area (Å²) in [5.41, 5.74) is 2.58. The average molecular weight is 367 g/mol. The van der Waals surface area contributed by atoms with Gasteiger partial charge in [-0.1, -0.05) is 29.8 Å². The maximum Gasteiger partial charge on any atom is 0.228 e. The molecule has 6 heteroatoms. The van der Waals surface area contributed by atoms with Gasteiger partial charge in [0.1, 0.15) is 5.82 Å². The molecule has 2 heterocycles. The number of nitrogens with one attached hydrogen (secondary N) is 1. The standard InChI is InChI=1S/C20H19ClN4O/c21-17-6-2-1-5-15(17)13-19(26)22-16-10-8-14(9-11-16)20-24-23-18-7-3-4-12-25(18)20/h1-2,5-6,8-11H,3-4,7,12-13H2,(H,22,26). The molecule has 1 aromatic heterocycles. The van der Waals surface area contributed by atoms with Crippen molar-refractivity contribution in [3.05, 3.63) is 64.9 Å². The zero-order valence-electron chi connectivity index (χ0n) is 14.3. The van der Waals surface area contributed by atoms with Crippen molar-refractivity contribution in [2.45, 2.75) is 32.2 Å². The van der Waals surface area contributed by atoms with Gasteiger partial charge in [0, 0.05) is 29.2 Å². The molecule has 0 saturated carbocycles. The molecule has 1 N–H and O–H groups in total. The first-order valence-electron chi connectivity index (χ1n) is 8.76. The number of hydrogen-bond acceptors (Lipinski definition) is 3.